The molecule has 1 aromatic rings. The fourth-order valence-electron chi connectivity index (χ4n) is 1.59. The van der Waals surface area contributed by atoms with Crippen molar-refractivity contribution in [2.45, 2.75) is 25.3 Å². The summed E-state index contributed by atoms with van der Waals surface area (Å²) >= 11 is 11.8. The lowest BCUT2D eigenvalue weighted by Gasteiger charge is -2.11. The average molecular weight is 230 g/mol. The van der Waals surface area contributed by atoms with Crippen LogP contribution in [-0.4, -0.2) is 0 Å². The number of hydrogen-bond donors (Lipinski definition) is 1. The standard InChI is InChI=1S/C11H13Cl2N/c12-9-4-3-8(6-10(9)13)11(14)5-7-1-2-7/h3-4,6-7,11H,1-2,5,14H2/t11-/m0/s1. The van der Waals surface area contributed by atoms with Crippen LogP contribution in [0.4, 0.5) is 0 Å². The van der Waals surface area contributed by atoms with Gasteiger partial charge in [0, 0.05) is 6.04 Å². The van der Waals surface area contributed by atoms with E-state index in [1.807, 2.05) is 18.2 Å². The van der Waals surface area contributed by atoms with Crippen LogP contribution in [0, 0.1) is 5.92 Å². The smallest absolute Gasteiger partial charge is 0.0595 e. The fourth-order valence-corrected chi connectivity index (χ4v) is 1.90. The average Bonchev–Trinajstić information content (AvgIpc) is 2.93. The fraction of sp³-hybridized carbons (Fsp3) is 0.455. The summed E-state index contributed by atoms with van der Waals surface area (Å²) in [4.78, 5) is 0. The van der Waals surface area contributed by atoms with Crippen molar-refractivity contribution in [1.82, 2.24) is 0 Å². The van der Waals surface area contributed by atoms with Gasteiger partial charge in [-0.1, -0.05) is 42.1 Å². The molecule has 0 amide bonds. The van der Waals surface area contributed by atoms with Gasteiger partial charge in [0.25, 0.3) is 0 Å². The number of halogens is 2. The van der Waals surface area contributed by atoms with Crippen LogP contribution in [-0.2, 0) is 0 Å². The minimum absolute atomic E-state index is 0.109. The third-order valence-electron chi connectivity index (χ3n) is 2.66. The molecule has 0 heterocycles. The molecule has 2 rings (SSSR count). The minimum atomic E-state index is 0.109. The van der Waals surface area contributed by atoms with Gasteiger partial charge in [-0.2, -0.15) is 0 Å². The largest absolute Gasteiger partial charge is 0.324 e. The maximum Gasteiger partial charge on any atom is 0.0595 e. The van der Waals surface area contributed by atoms with Crippen LogP contribution in [0.2, 0.25) is 10.0 Å². The first kappa shape index (κ1) is 10.3. The van der Waals surface area contributed by atoms with E-state index < -0.39 is 0 Å². The molecule has 1 aromatic carbocycles. The second-order valence-corrected chi connectivity index (χ2v) is 4.77. The molecule has 0 radical (unpaired) electrons. The van der Waals surface area contributed by atoms with Crippen LogP contribution < -0.4 is 5.73 Å². The minimum Gasteiger partial charge on any atom is -0.324 e. The van der Waals surface area contributed by atoms with E-state index in [1.54, 1.807) is 0 Å². The number of nitrogens with two attached hydrogens (primary N) is 1. The second kappa shape index (κ2) is 4.09. The summed E-state index contributed by atoms with van der Waals surface area (Å²) in [7, 11) is 0. The summed E-state index contributed by atoms with van der Waals surface area (Å²) in [6.07, 6.45) is 3.72. The van der Waals surface area contributed by atoms with E-state index in [0.717, 1.165) is 17.9 Å². The molecular weight excluding hydrogens is 217 g/mol. The van der Waals surface area contributed by atoms with E-state index in [0.29, 0.717) is 10.0 Å². The van der Waals surface area contributed by atoms with Crippen LogP contribution in [0.25, 0.3) is 0 Å². The molecule has 14 heavy (non-hydrogen) atoms. The topological polar surface area (TPSA) is 26.0 Å². The lowest BCUT2D eigenvalue weighted by molar-refractivity contribution is 0.597. The van der Waals surface area contributed by atoms with E-state index in [-0.39, 0.29) is 6.04 Å². The van der Waals surface area contributed by atoms with Crippen molar-refractivity contribution in [3.63, 3.8) is 0 Å². The Morgan fingerprint density at radius 3 is 2.57 bits per heavy atom. The molecule has 0 bridgehead atoms. The third kappa shape index (κ3) is 2.41. The summed E-state index contributed by atoms with van der Waals surface area (Å²) in [5.74, 6) is 0.833. The molecule has 1 fully saturated rings. The second-order valence-electron chi connectivity index (χ2n) is 3.96. The van der Waals surface area contributed by atoms with Crippen LogP contribution in [0.5, 0.6) is 0 Å². The Labute approximate surface area is 94.2 Å². The molecule has 2 N–H and O–H groups in total. The van der Waals surface area contributed by atoms with Gasteiger partial charge in [0.1, 0.15) is 0 Å². The summed E-state index contributed by atoms with van der Waals surface area (Å²) in [6, 6.07) is 5.75. The van der Waals surface area contributed by atoms with Gasteiger partial charge in [-0.3, -0.25) is 0 Å². The summed E-state index contributed by atoms with van der Waals surface area (Å²) in [5, 5.41) is 1.18. The van der Waals surface area contributed by atoms with E-state index in [2.05, 4.69) is 0 Å². The van der Waals surface area contributed by atoms with Crippen LogP contribution in [0.3, 0.4) is 0 Å². The first-order valence-corrected chi connectivity index (χ1v) is 5.63. The van der Waals surface area contributed by atoms with Gasteiger partial charge in [0.15, 0.2) is 0 Å². The Hall–Kier alpha value is -0.240. The molecule has 1 aliphatic rings. The zero-order chi connectivity index (χ0) is 10.1. The lowest BCUT2D eigenvalue weighted by atomic mass is 10.0. The van der Waals surface area contributed by atoms with Gasteiger partial charge in [-0.05, 0) is 30.0 Å². The van der Waals surface area contributed by atoms with Crippen molar-refractivity contribution in [1.29, 1.82) is 0 Å². The van der Waals surface area contributed by atoms with E-state index in [1.165, 1.54) is 12.8 Å². The monoisotopic (exact) mass is 229 g/mol. The van der Waals surface area contributed by atoms with Gasteiger partial charge in [-0.25, -0.2) is 0 Å². The molecule has 1 atom stereocenters. The van der Waals surface area contributed by atoms with Crippen molar-refractivity contribution in [3.8, 4) is 0 Å². The van der Waals surface area contributed by atoms with Gasteiger partial charge in [0.05, 0.1) is 10.0 Å². The molecule has 0 aromatic heterocycles. The number of rotatable bonds is 3. The van der Waals surface area contributed by atoms with Gasteiger partial charge in [0.2, 0.25) is 0 Å². The highest BCUT2D eigenvalue weighted by Gasteiger charge is 2.24. The molecule has 3 heteroatoms. The molecular formula is C11H13Cl2N. The SMILES string of the molecule is N[C@@H](CC1CC1)c1ccc(Cl)c(Cl)c1. The predicted molar refractivity (Wildman–Crippen MR) is 60.7 cm³/mol. The first-order valence-electron chi connectivity index (χ1n) is 4.87. The van der Waals surface area contributed by atoms with Crippen LogP contribution in [0.15, 0.2) is 18.2 Å². The van der Waals surface area contributed by atoms with Crippen molar-refractivity contribution >= 4 is 23.2 Å². The molecule has 0 aliphatic heterocycles. The predicted octanol–water partition coefficient (Wildman–Crippen LogP) is 3.79. The molecule has 76 valence electrons. The maximum atomic E-state index is 6.05. The van der Waals surface area contributed by atoms with Gasteiger partial charge >= 0.3 is 0 Å². The maximum absolute atomic E-state index is 6.05. The van der Waals surface area contributed by atoms with E-state index in [9.17, 15) is 0 Å². The highest BCUT2D eigenvalue weighted by Crippen LogP contribution is 2.37. The molecule has 0 unspecified atom stereocenters. The van der Waals surface area contributed by atoms with Crippen LogP contribution >= 0.6 is 23.2 Å². The Balaban J connectivity index is 2.10. The summed E-state index contributed by atoms with van der Waals surface area (Å²) in [5.41, 5.74) is 7.14. The van der Waals surface area contributed by atoms with Crippen molar-refractivity contribution in [3.05, 3.63) is 33.8 Å². The highest BCUT2D eigenvalue weighted by molar-refractivity contribution is 6.42. The Kier molecular flexibility index (Phi) is 3.01. The highest BCUT2D eigenvalue weighted by atomic mass is 35.5. The van der Waals surface area contributed by atoms with E-state index >= 15 is 0 Å². The Bertz CT molecular complexity index is 334. The first-order chi connectivity index (χ1) is 6.66. The molecule has 0 saturated heterocycles. The Morgan fingerprint density at radius 2 is 2.00 bits per heavy atom. The lowest BCUT2D eigenvalue weighted by Crippen LogP contribution is -2.10. The van der Waals surface area contributed by atoms with E-state index in [4.69, 9.17) is 28.9 Å². The van der Waals surface area contributed by atoms with Crippen molar-refractivity contribution in [2.75, 3.05) is 0 Å². The van der Waals surface area contributed by atoms with Gasteiger partial charge in [-0.15, -0.1) is 0 Å². The molecule has 1 saturated carbocycles. The van der Waals surface area contributed by atoms with Crippen molar-refractivity contribution < 1.29 is 0 Å². The molecule has 0 spiro atoms. The van der Waals surface area contributed by atoms with Crippen LogP contribution in [0.1, 0.15) is 30.9 Å². The molecule has 1 aliphatic carbocycles. The number of hydrogen-bond acceptors (Lipinski definition) is 1. The Morgan fingerprint density at radius 1 is 1.29 bits per heavy atom. The third-order valence-corrected chi connectivity index (χ3v) is 3.40. The normalized spacial score (nSPS) is 18.2. The zero-order valence-electron chi connectivity index (χ0n) is 7.84. The number of benzene rings is 1. The quantitative estimate of drug-likeness (QED) is 0.839. The van der Waals surface area contributed by atoms with Crippen molar-refractivity contribution in [2.24, 2.45) is 11.7 Å². The summed E-state index contributed by atoms with van der Waals surface area (Å²) < 4.78 is 0. The molecule has 1 nitrogen and oxygen atoms in total. The van der Waals surface area contributed by atoms with Gasteiger partial charge < -0.3 is 5.73 Å². The summed E-state index contributed by atoms with van der Waals surface area (Å²) in [6.45, 7) is 0. The zero-order valence-corrected chi connectivity index (χ0v) is 9.35.